The number of fused-ring (bicyclic) bond motifs is 1. The fourth-order valence-electron chi connectivity index (χ4n) is 2.67. The summed E-state index contributed by atoms with van der Waals surface area (Å²) in [6.07, 6.45) is 8.10. The van der Waals surface area contributed by atoms with Crippen molar-refractivity contribution in [2.24, 2.45) is 5.92 Å². The van der Waals surface area contributed by atoms with Crippen molar-refractivity contribution in [2.75, 3.05) is 18.0 Å². The molecule has 0 N–H and O–H groups in total. The number of pyridine rings is 1. The van der Waals surface area contributed by atoms with Crippen LogP contribution < -0.4 is 4.90 Å². The van der Waals surface area contributed by atoms with E-state index in [1.807, 2.05) is 29.0 Å². The first-order chi connectivity index (χ1) is 10.3. The van der Waals surface area contributed by atoms with Gasteiger partial charge in [0.05, 0.1) is 11.9 Å². The SMILES string of the molecule is CC1CCN(c2nn3cc(-c4cccnc4)nc3s2)CC1. The number of nitrogens with zero attached hydrogens (tertiary/aromatic N) is 5. The van der Waals surface area contributed by atoms with E-state index in [4.69, 9.17) is 0 Å². The molecule has 0 spiro atoms. The number of piperidine rings is 1. The maximum absolute atomic E-state index is 4.69. The van der Waals surface area contributed by atoms with Gasteiger partial charge < -0.3 is 4.90 Å². The minimum absolute atomic E-state index is 0.836. The lowest BCUT2D eigenvalue weighted by molar-refractivity contribution is 0.437. The van der Waals surface area contributed by atoms with Gasteiger partial charge in [0, 0.05) is 31.0 Å². The van der Waals surface area contributed by atoms with Gasteiger partial charge in [-0.25, -0.2) is 9.50 Å². The molecule has 1 fully saturated rings. The Morgan fingerprint density at radius 1 is 1.29 bits per heavy atom. The van der Waals surface area contributed by atoms with Crippen LogP contribution in [0.15, 0.2) is 30.7 Å². The molecule has 0 aromatic carbocycles. The van der Waals surface area contributed by atoms with Gasteiger partial charge in [-0.3, -0.25) is 4.98 Å². The predicted molar refractivity (Wildman–Crippen MR) is 84.7 cm³/mol. The summed E-state index contributed by atoms with van der Waals surface area (Å²) in [4.78, 5) is 12.1. The minimum atomic E-state index is 0.836. The smallest absolute Gasteiger partial charge is 0.214 e. The molecule has 1 saturated heterocycles. The Morgan fingerprint density at radius 2 is 2.14 bits per heavy atom. The van der Waals surface area contributed by atoms with Crippen LogP contribution in [-0.2, 0) is 0 Å². The van der Waals surface area contributed by atoms with E-state index in [1.54, 1.807) is 17.5 Å². The molecular formula is C15H17N5S. The largest absolute Gasteiger partial charge is 0.347 e. The van der Waals surface area contributed by atoms with Crippen LogP contribution in [0, 0.1) is 5.92 Å². The monoisotopic (exact) mass is 299 g/mol. The first-order valence-corrected chi connectivity index (χ1v) is 8.13. The summed E-state index contributed by atoms with van der Waals surface area (Å²) in [6, 6.07) is 3.95. The van der Waals surface area contributed by atoms with Gasteiger partial charge in [0.2, 0.25) is 10.1 Å². The molecule has 108 valence electrons. The van der Waals surface area contributed by atoms with Crippen LogP contribution in [0.3, 0.4) is 0 Å². The van der Waals surface area contributed by atoms with E-state index >= 15 is 0 Å². The van der Waals surface area contributed by atoms with Gasteiger partial charge >= 0.3 is 0 Å². The second-order valence-corrected chi connectivity index (χ2v) is 6.58. The molecule has 1 aliphatic heterocycles. The molecule has 6 heteroatoms. The summed E-state index contributed by atoms with van der Waals surface area (Å²) in [5.74, 6) is 0.836. The maximum Gasteiger partial charge on any atom is 0.214 e. The van der Waals surface area contributed by atoms with E-state index in [0.29, 0.717) is 0 Å². The average Bonchev–Trinajstić information content (AvgIpc) is 3.07. The van der Waals surface area contributed by atoms with Gasteiger partial charge in [-0.1, -0.05) is 18.3 Å². The Balaban J connectivity index is 1.62. The van der Waals surface area contributed by atoms with Crippen LogP contribution >= 0.6 is 11.3 Å². The molecule has 3 aromatic rings. The van der Waals surface area contributed by atoms with Gasteiger partial charge in [-0.15, -0.1) is 5.10 Å². The third-order valence-electron chi connectivity index (χ3n) is 4.04. The van der Waals surface area contributed by atoms with Crippen LogP contribution in [-0.4, -0.2) is 32.7 Å². The number of hydrogen-bond acceptors (Lipinski definition) is 5. The van der Waals surface area contributed by atoms with Crippen LogP contribution in [0.2, 0.25) is 0 Å². The Labute approximate surface area is 127 Å². The summed E-state index contributed by atoms with van der Waals surface area (Å²) in [5, 5.41) is 5.77. The fourth-order valence-corrected chi connectivity index (χ4v) is 3.61. The van der Waals surface area contributed by atoms with Crippen molar-refractivity contribution in [1.29, 1.82) is 0 Å². The van der Waals surface area contributed by atoms with Gasteiger partial charge in [0.25, 0.3) is 0 Å². The molecule has 4 rings (SSSR count). The van der Waals surface area contributed by atoms with Crippen LogP contribution in [0.1, 0.15) is 19.8 Å². The zero-order valence-corrected chi connectivity index (χ0v) is 12.8. The van der Waals surface area contributed by atoms with E-state index in [-0.39, 0.29) is 0 Å². The highest BCUT2D eigenvalue weighted by Gasteiger charge is 2.20. The number of hydrogen-bond donors (Lipinski definition) is 0. The molecular weight excluding hydrogens is 282 g/mol. The molecule has 0 unspecified atom stereocenters. The van der Waals surface area contributed by atoms with E-state index < -0.39 is 0 Å². The summed E-state index contributed by atoms with van der Waals surface area (Å²) in [7, 11) is 0. The second-order valence-electron chi connectivity index (χ2n) is 5.65. The van der Waals surface area contributed by atoms with Crippen molar-refractivity contribution in [3.63, 3.8) is 0 Å². The lowest BCUT2D eigenvalue weighted by atomic mass is 10.00. The maximum atomic E-state index is 4.69. The lowest BCUT2D eigenvalue weighted by Crippen LogP contribution is -2.32. The Bertz CT molecular complexity index is 708. The molecule has 0 bridgehead atoms. The van der Waals surface area contributed by atoms with E-state index in [2.05, 4.69) is 26.9 Å². The molecule has 0 radical (unpaired) electrons. The van der Waals surface area contributed by atoms with Gasteiger partial charge in [-0.05, 0) is 30.9 Å². The minimum Gasteiger partial charge on any atom is -0.347 e. The predicted octanol–water partition coefficient (Wildman–Crippen LogP) is 3.09. The van der Waals surface area contributed by atoms with Crippen LogP contribution in [0.25, 0.3) is 16.2 Å². The first-order valence-electron chi connectivity index (χ1n) is 7.31. The summed E-state index contributed by atoms with van der Waals surface area (Å²) in [5.41, 5.74) is 1.96. The van der Waals surface area contributed by atoms with Crippen molar-refractivity contribution in [3.8, 4) is 11.3 Å². The number of rotatable bonds is 2. The number of imidazole rings is 1. The summed E-state index contributed by atoms with van der Waals surface area (Å²) < 4.78 is 1.89. The third-order valence-corrected chi connectivity index (χ3v) is 5.03. The Hall–Kier alpha value is -1.95. The molecule has 3 aromatic heterocycles. The Morgan fingerprint density at radius 3 is 2.86 bits per heavy atom. The quantitative estimate of drug-likeness (QED) is 0.729. The normalized spacial score (nSPS) is 16.7. The van der Waals surface area contributed by atoms with Gasteiger partial charge in [0.15, 0.2) is 0 Å². The van der Waals surface area contributed by atoms with E-state index in [1.165, 1.54) is 12.8 Å². The fraction of sp³-hybridized carbons (Fsp3) is 0.400. The molecule has 0 saturated carbocycles. The molecule has 0 atom stereocenters. The highest BCUT2D eigenvalue weighted by atomic mass is 32.1. The van der Waals surface area contributed by atoms with E-state index in [9.17, 15) is 0 Å². The summed E-state index contributed by atoms with van der Waals surface area (Å²) >= 11 is 1.67. The zero-order chi connectivity index (χ0) is 14.2. The third kappa shape index (κ3) is 2.40. The molecule has 0 aliphatic carbocycles. The van der Waals surface area contributed by atoms with Gasteiger partial charge in [-0.2, -0.15) is 0 Å². The van der Waals surface area contributed by atoms with Crippen molar-refractivity contribution in [1.82, 2.24) is 19.6 Å². The second kappa shape index (κ2) is 5.11. The lowest BCUT2D eigenvalue weighted by Gasteiger charge is -2.29. The molecule has 1 aliphatic rings. The zero-order valence-electron chi connectivity index (χ0n) is 11.9. The Kier molecular flexibility index (Phi) is 3.11. The molecule has 5 nitrogen and oxygen atoms in total. The molecule has 4 heterocycles. The van der Waals surface area contributed by atoms with Crippen molar-refractivity contribution < 1.29 is 0 Å². The standard InChI is InChI=1S/C15H17N5S/c1-11-4-7-19(8-5-11)15-18-20-10-13(17-14(20)21-15)12-3-2-6-16-9-12/h2-3,6,9-11H,4-5,7-8H2,1H3. The van der Waals surface area contributed by atoms with Crippen LogP contribution in [0.5, 0.6) is 0 Å². The average molecular weight is 299 g/mol. The summed E-state index contributed by atoms with van der Waals surface area (Å²) in [6.45, 7) is 4.53. The van der Waals surface area contributed by atoms with Crippen molar-refractivity contribution in [3.05, 3.63) is 30.7 Å². The highest BCUT2D eigenvalue weighted by molar-refractivity contribution is 7.20. The topological polar surface area (TPSA) is 46.3 Å². The van der Waals surface area contributed by atoms with E-state index in [0.717, 1.165) is 40.4 Å². The molecule has 21 heavy (non-hydrogen) atoms. The van der Waals surface area contributed by atoms with Gasteiger partial charge in [0.1, 0.15) is 0 Å². The van der Waals surface area contributed by atoms with Crippen molar-refractivity contribution in [2.45, 2.75) is 19.8 Å². The number of anilines is 1. The first kappa shape index (κ1) is 12.8. The highest BCUT2D eigenvalue weighted by Crippen LogP contribution is 2.29. The van der Waals surface area contributed by atoms with Crippen LogP contribution in [0.4, 0.5) is 5.13 Å². The molecule has 0 amide bonds. The number of aromatic nitrogens is 4. The van der Waals surface area contributed by atoms with Crippen molar-refractivity contribution >= 4 is 21.4 Å².